The van der Waals surface area contributed by atoms with Crippen LogP contribution in [-0.4, -0.2) is 25.6 Å². The first-order valence-corrected chi connectivity index (χ1v) is 19.1. The Morgan fingerprint density at radius 3 is 1.66 bits per heavy atom. The molecule has 0 bridgehead atoms. The summed E-state index contributed by atoms with van der Waals surface area (Å²) in [7, 11) is 0. The van der Waals surface area contributed by atoms with Crippen LogP contribution in [0.25, 0.3) is 95.2 Å². The zero-order chi connectivity index (χ0) is 37.0. The summed E-state index contributed by atoms with van der Waals surface area (Å²) in [6.45, 7) is 0.800. The molecule has 4 heterocycles. The lowest BCUT2D eigenvalue weighted by atomic mass is 10.0. The molecule has 0 aliphatic carbocycles. The van der Waals surface area contributed by atoms with Crippen LogP contribution in [0, 0.1) is 0 Å². The lowest BCUT2D eigenvalue weighted by Gasteiger charge is -2.14. The molecule has 0 saturated carbocycles. The lowest BCUT2D eigenvalue weighted by molar-refractivity contribution is 1.10. The molecular weight excluding hydrogens is 683 g/mol. The molecule has 5 heteroatoms. The molecule has 0 amide bonds. The van der Waals surface area contributed by atoms with Crippen molar-refractivity contribution in [3.8, 4) is 56.4 Å². The largest absolute Gasteiger partial charge is 0.379 e. The smallest absolute Gasteiger partial charge is 0.160 e. The molecule has 0 saturated heterocycles. The van der Waals surface area contributed by atoms with Crippen molar-refractivity contribution in [3.05, 3.63) is 194 Å². The summed E-state index contributed by atoms with van der Waals surface area (Å²) in [5, 5.41) is 7.38. The van der Waals surface area contributed by atoms with Gasteiger partial charge in [-0.25, -0.2) is 9.97 Å². The van der Waals surface area contributed by atoms with Gasteiger partial charge in [-0.05, 0) is 65.7 Å². The van der Waals surface area contributed by atoms with Crippen LogP contribution in [0.5, 0.6) is 0 Å². The summed E-state index contributed by atoms with van der Waals surface area (Å²) in [5.74, 6) is 0.711. The van der Waals surface area contributed by atoms with Gasteiger partial charge in [-0.2, -0.15) is 0 Å². The predicted molar refractivity (Wildman–Crippen MR) is 232 cm³/mol. The highest BCUT2D eigenvalue weighted by Crippen LogP contribution is 2.40. The van der Waals surface area contributed by atoms with Gasteiger partial charge < -0.3 is 14.5 Å². The molecule has 3 aromatic heterocycles. The average molecular weight is 718 g/mol. The summed E-state index contributed by atoms with van der Waals surface area (Å²) in [6, 6.07) is 64.5. The highest BCUT2D eigenvalue weighted by molar-refractivity contribution is 6.10. The van der Waals surface area contributed by atoms with Crippen LogP contribution < -0.4 is 5.32 Å². The molecule has 11 rings (SSSR count). The third kappa shape index (κ3) is 5.32. The summed E-state index contributed by atoms with van der Waals surface area (Å²) in [6.07, 6.45) is 4.44. The van der Waals surface area contributed by atoms with Crippen molar-refractivity contribution in [2.45, 2.75) is 0 Å². The molecule has 5 nitrogen and oxygen atoms in total. The van der Waals surface area contributed by atoms with Crippen LogP contribution in [-0.2, 0) is 0 Å². The number of anilines is 1. The Labute approximate surface area is 324 Å². The molecule has 1 aliphatic rings. The quantitative estimate of drug-likeness (QED) is 0.186. The Morgan fingerprint density at radius 2 is 0.946 bits per heavy atom. The van der Waals surface area contributed by atoms with E-state index in [0.29, 0.717) is 5.82 Å². The third-order valence-corrected chi connectivity index (χ3v) is 10.9. The minimum absolute atomic E-state index is 0.711. The van der Waals surface area contributed by atoms with Crippen molar-refractivity contribution in [2.75, 3.05) is 11.9 Å². The molecule has 7 aromatic carbocycles. The topological polar surface area (TPSA) is 47.7 Å². The normalized spacial score (nSPS) is 12.3. The second-order valence-corrected chi connectivity index (χ2v) is 14.3. The van der Waals surface area contributed by atoms with E-state index in [2.05, 4.69) is 172 Å². The summed E-state index contributed by atoms with van der Waals surface area (Å²) in [5.41, 5.74) is 15.3. The lowest BCUT2D eigenvalue weighted by Crippen LogP contribution is -2.05. The summed E-state index contributed by atoms with van der Waals surface area (Å²) in [4.78, 5) is 10.1. The van der Waals surface area contributed by atoms with Gasteiger partial charge in [-0.1, -0.05) is 140 Å². The molecule has 0 fully saturated rings. The van der Waals surface area contributed by atoms with E-state index in [9.17, 15) is 0 Å². The molecule has 0 spiro atoms. The van der Waals surface area contributed by atoms with Crippen LogP contribution in [0.3, 0.4) is 0 Å². The van der Waals surface area contributed by atoms with E-state index in [0.717, 1.165) is 62.9 Å². The van der Waals surface area contributed by atoms with E-state index in [1.807, 2.05) is 36.4 Å². The van der Waals surface area contributed by atoms with Gasteiger partial charge in [0.1, 0.15) is 0 Å². The van der Waals surface area contributed by atoms with Crippen LogP contribution in [0.2, 0.25) is 0 Å². The number of nitrogens with one attached hydrogen (secondary N) is 1. The van der Waals surface area contributed by atoms with Crippen LogP contribution in [0.4, 0.5) is 5.69 Å². The standard InChI is InChI=1S/C51H35N5/c1-4-13-34(14-5-1)44-33-45(54-51(53-44)36-15-6-2-7-16-36)35-22-26-40(27-23-35)56-47-21-12-30-52-50(47)43-29-25-38(32-49(43)56)37-24-28-42-41-19-10-11-20-46(41)55(48(42)31-37)39-17-8-3-9-18-39/h1-29,31-33,52H,30H2. The van der Waals surface area contributed by atoms with Crippen molar-refractivity contribution in [2.24, 2.45) is 0 Å². The fourth-order valence-electron chi connectivity index (χ4n) is 8.30. The molecule has 56 heavy (non-hydrogen) atoms. The van der Waals surface area contributed by atoms with E-state index < -0.39 is 0 Å². The van der Waals surface area contributed by atoms with Crippen LogP contribution >= 0.6 is 0 Å². The zero-order valence-corrected chi connectivity index (χ0v) is 30.5. The molecule has 0 atom stereocenters. The van der Waals surface area contributed by atoms with Crippen molar-refractivity contribution >= 4 is 44.5 Å². The maximum atomic E-state index is 5.08. The van der Waals surface area contributed by atoms with Gasteiger partial charge in [0.25, 0.3) is 0 Å². The third-order valence-electron chi connectivity index (χ3n) is 10.9. The Morgan fingerprint density at radius 1 is 0.411 bits per heavy atom. The van der Waals surface area contributed by atoms with Gasteiger partial charge in [-0.15, -0.1) is 0 Å². The molecule has 264 valence electrons. The Kier molecular flexibility index (Phi) is 7.49. The summed E-state index contributed by atoms with van der Waals surface area (Å²) >= 11 is 0. The van der Waals surface area contributed by atoms with Gasteiger partial charge in [0.05, 0.1) is 39.3 Å². The highest BCUT2D eigenvalue weighted by atomic mass is 15.0. The van der Waals surface area contributed by atoms with E-state index in [-0.39, 0.29) is 0 Å². The monoisotopic (exact) mass is 717 g/mol. The number of hydrogen-bond donors (Lipinski definition) is 1. The van der Waals surface area contributed by atoms with E-state index in [1.165, 1.54) is 38.3 Å². The van der Waals surface area contributed by atoms with Gasteiger partial charge in [0.2, 0.25) is 0 Å². The number of aromatic nitrogens is 4. The van der Waals surface area contributed by atoms with Crippen LogP contribution in [0.15, 0.2) is 188 Å². The number of benzene rings is 7. The molecule has 0 unspecified atom stereocenters. The summed E-state index contributed by atoms with van der Waals surface area (Å²) < 4.78 is 4.76. The minimum atomic E-state index is 0.711. The molecule has 1 N–H and O–H groups in total. The Hall–Kier alpha value is -7.50. The first-order chi connectivity index (χ1) is 27.8. The van der Waals surface area contributed by atoms with Crippen LogP contribution in [0.1, 0.15) is 5.69 Å². The zero-order valence-electron chi connectivity index (χ0n) is 30.5. The van der Waals surface area contributed by atoms with E-state index >= 15 is 0 Å². The van der Waals surface area contributed by atoms with Crippen molar-refractivity contribution in [1.29, 1.82) is 0 Å². The van der Waals surface area contributed by atoms with Gasteiger partial charge in [0.15, 0.2) is 5.82 Å². The molecule has 0 radical (unpaired) electrons. The number of rotatable bonds is 6. The number of nitrogens with zero attached hydrogens (tertiary/aromatic N) is 4. The first kappa shape index (κ1) is 32.0. The van der Waals surface area contributed by atoms with Gasteiger partial charge >= 0.3 is 0 Å². The van der Waals surface area contributed by atoms with Gasteiger partial charge in [-0.3, -0.25) is 0 Å². The molecule has 10 aromatic rings. The van der Waals surface area contributed by atoms with E-state index in [1.54, 1.807) is 0 Å². The maximum absolute atomic E-state index is 5.08. The second kappa shape index (κ2) is 13.1. The second-order valence-electron chi connectivity index (χ2n) is 14.3. The van der Waals surface area contributed by atoms with Crippen molar-refractivity contribution in [1.82, 2.24) is 19.1 Å². The Bertz CT molecular complexity index is 3050. The Balaban J connectivity index is 1.04. The SMILES string of the molecule is C1=Cc2c(c3ccc(-c4ccc5c6ccccc6n(-c6ccccc6)c5c4)cc3n2-c2ccc(-c3cc(-c4ccccc4)nc(-c4ccccc4)n3)cc2)NC1. The van der Waals surface area contributed by atoms with E-state index in [4.69, 9.17) is 9.97 Å². The first-order valence-electron chi connectivity index (χ1n) is 19.1. The average Bonchev–Trinajstić information content (AvgIpc) is 3.79. The minimum Gasteiger partial charge on any atom is -0.379 e. The maximum Gasteiger partial charge on any atom is 0.160 e. The highest BCUT2D eigenvalue weighted by Gasteiger charge is 2.20. The number of hydrogen-bond acceptors (Lipinski definition) is 3. The van der Waals surface area contributed by atoms with Gasteiger partial charge in [0, 0.05) is 50.8 Å². The molecule has 1 aliphatic heterocycles. The predicted octanol–water partition coefficient (Wildman–Crippen LogP) is 12.6. The number of para-hydroxylation sites is 2. The number of fused-ring (bicyclic) bond motifs is 6. The fourth-order valence-corrected chi connectivity index (χ4v) is 8.30. The van der Waals surface area contributed by atoms with Crippen molar-refractivity contribution < 1.29 is 0 Å². The molecular formula is C51H35N5. The van der Waals surface area contributed by atoms with Crippen molar-refractivity contribution in [3.63, 3.8) is 0 Å². The fraction of sp³-hybridized carbons (Fsp3) is 0.0196.